The Kier molecular flexibility index (Phi) is 10.6. The van der Waals surface area contributed by atoms with E-state index in [1.165, 1.54) is 24.5 Å². The van der Waals surface area contributed by atoms with Crippen LogP contribution in [0.2, 0.25) is 0 Å². The van der Waals surface area contributed by atoms with Gasteiger partial charge in [-0.3, -0.25) is 14.5 Å². The number of thiophene rings is 1. The molecule has 0 spiro atoms. The van der Waals surface area contributed by atoms with Crippen LogP contribution in [0.15, 0.2) is 30.3 Å². The van der Waals surface area contributed by atoms with E-state index in [1.54, 1.807) is 12.1 Å². The number of halogens is 4. The minimum atomic E-state index is -4.46. The Labute approximate surface area is 272 Å². The highest BCUT2D eigenvalue weighted by atomic mass is 32.1. The van der Waals surface area contributed by atoms with Crippen molar-refractivity contribution >= 4 is 44.9 Å². The minimum absolute atomic E-state index is 0.0555. The highest BCUT2D eigenvalue weighted by Crippen LogP contribution is 2.39. The van der Waals surface area contributed by atoms with Gasteiger partial charge in [0.25, 0.3) is 5.91 Å². The lowest BCUT2D eigenvalue weighted by molar-refractivity contribution is -0.126. The highest BCUT2D eigenvalue weighted by molar-refractivity contribution is 7.20. The number of ether oxygens (including phenoxy) is 3. The molecule has 1 atom stereocenters. The number of fused-ring (bicyclic) bond motifs is 1. The minimum Gasteiger partial charge on any atom is -0.430 e. The van der Waals surface area contributed by atoms with Gasteiger partial charge < -0.3 is 30.2 Å². The van der Waals surface area contributed by atoms with E-state index in [1.807, 2.05) is 6.07 Å². The Hall–Kier alpha value is -4.73. The number of hydrogen-bond donors (Lipinski definition) is 3. The van der Waals surface area contributed by atoms with Gasteiger partial charge in [-0.25, -0.2) is 15.8 Å². The number of nitrogens with one attached hydrogen (secondary N) is 3. The average molecular weight is 674 g/mol. The summed E-state index contributed by atoms with van der Waals surface area (Å²) in [5.41, 5.74) is 0.675. The Morgan fingerprint density at radius 2 is 2.02 bits per heavy atom. The third-order valence-corrected chi connectivity index (χ3v) is 8.85. The number of rotatable bonds is 10. The van der Waals surface area contributed by atoms with E-state index in [9.17, 15) is 27.2 Å². The summed E-state index contributed by atoms with van der Waals surface area (Å²) in [6.07, 6.45) is -4.96. The van der Waals surface area contributed by atoms with Crippen LogP contribution < -0.4 is 20.7 Å². The van der Waals surface area contributed by atoms with Gasteiger partial charge in [0, 0.05) is 38.8 Å². The smallest absolute Gasteiger partial charge is 0.430 e. The van der Waals surface area contributed by atoms with Gasteiger partial charge in [0.1, 0.15) is 12.4 Å². The predicted octanol–water partition coefficient (Wildman–Crippen LogP) is 5.64. The summed E-state index contributed by atoms with van der Waals surface area (Å²) < 4.78 is 71.7. The number of alkyl halides is 3. The number of carbonyl (C=O) groups excluding carboxylic acids is 2. The van der Waals surface area contributed by atoms with Gasteiger partial charge in [0.05, 0.1) is 39.5 Å². The summed E-state index contributed by atoms with van der Waals surface area (Å²) in [6, 6.07) is 7.54. The molecule has 47 heavy (non-hydrogen) atoms. The second kappa shape index (κ2) is 14.8. The standard InChI is InChI=1S/C32H31F4N5O5S/c1-37-18-45-27-13-22(30(42)38-2)24(33)14-26(27)39-10-4-7-28-23(15-32(34,35)36)21-5-3-6-25(29(21)47-28)40-19-8-11-41(12-9-19)16-20-17-44-31(43)46-20/h3,5-6,13-14,19-20,39-40H,8-12,15-18H2,2H3,(H,38,42). The number of hydrogen-bond acceptors (Lipinski definition) is 9. The van der Waals surface area contributed by atoms with Gasteiger partial charge in [-0.05, 0) is 35.9 Å². The molecule has 1 amide bonds. The molecule has 2 fully saturated rings. The van der Waals surface area contributed by atoms with E-state index >= 15 is 0 Å². The Bertz CT molecular complexity index is 1740. The molecule has 248 valence electrons. The van der Waals surface area contributed by atoms with Crippen LogP contribution in [0.25, 0.3) is 14.9 Å². The van der Waals surface area contributed by atoms with Crippen LogP contribution in [0, 0.1) is 24.2 Å². The van der Waals surface area contributed by atoms with Gasteiger partial charge in [0.2, 0.25) is 0 Å². The summed E-state index contributed by atoms with van der Waals surface area (Å²) >= 11 is 1.17. The summed E-state index contributed by atoms with van der Waals surface area (Å²) in [4.78, 5) is 28.8. The maximum Gasteiger partial charge on any atom is 0.508 e. The van der Waals surface area contributed by atoms with Gasteiger partial charge in [-0.1, -0.05) is 24.0 Å². The molecule has 5 rings (SSSR count). The number of benzene rings is 2. The van der Waals surface area contributed by atoms with E-state index in [0.29, 0.717) is 16.6 Å². The molecule has 2 aliphatic heterocycles. The molecule has 1 unspecified atom stereocenters. The van der Waals surface area contributed by atoms with Crippen LogP contribution in [0.5, 0.6) is 5.75 Å². The summed E-state index contributed by atoms with van der Waals surface area (Å²) in [6.45, 7) is 8.87. The van der Waals surface area contributed by atoms with E-state index in [4.69, 9.17) is 20.8 Å². The fraction of sp³-hybridized carbons (Fsp3) is 0.406. The Morgan fingerprint density at radius 3 is 2.70 bits per heavy atom. The third-order valence-electron chi connectivity index (χ3n) is 7.65. The van der Waals surface area contributed by atoms with Gasteiger partial charge in [-0.15, -0.1) is 11.3 Å². The predicted molar refractivity (Wildman–Crippen MR) is 168 cm³/mol. The Balaban J connectivity index is 1.32. The molecule has 0 radical (unpaired) electrons. The van der Waals surface area contributed by atoms with E-state index in [2.05, 4.69) is 37.5 Å². The third kappa shape index (κ3) is 8.55. The van der Waals surface area contributed by atoms with Crippen molar-refractivity contribution in [2.24, 2.45) is 0 Å². The fourth-order valence-electron chi connectivity index (χ4n) is 5.47. The van der Waals surface area contributed by atoms with Gasteiger partial charge in [0.15, 0.2) is 11.9 Å². The molecule has 2 aliphatic rings. The first-order valence-corrected chi connectivity index (χ1v) is 15.5. The van der Waals surface area contributed by atoms with Crippen LogP contribution in [0.3, 0.4) is 0 Å². The molecule has 3 aromatic rings. The van der Waals surface area contributed by atoms with E-state index in [0.717, 1.165) is 37.7 Å². The molecule has 0 saturated carbocycles. The second-order valence-corrected chi connectivity index (χ2v) is 11.9. The molecule has 1 aromatic heterocycles. The maximum absolute atomic E-state index is 14.6. The lowest BCUT2D eigenvalue weighted by Crippen LogP contribution is -2.43. The van der Waals surface area contributed by atoms with Crippen molar-refractivity contribution < 1.29 is 41.4 Å². The second-order valence-electron chi connectivity index (χ2n) is 10.9. The number of amides is 1. The number of anilines is 2. The van der Waals surface area contributed by atoms with Crippen molar-refractivity contribution in [3.8, 4) is 17.6 Å². The number of piperidine rings is 1. The summed E-state index contributed by atoms with van der Waals surface area (Å²) in [5.74, 6) is 4.24. The molecule has 0 aliphatic carbocycles. The molecule has 2 aromatic carbocycles. The van der Waals surface area contributed by atoms with Crippen molar-refractivity contribution in [2.45, 2.75) is 37.6 Å². The monoisotopic (exact) mass is 673 g/mol. The Morgan fingerprint density at radius 1 is 1.23 bits per heavy atom. The number of carbonyl (C=O) groups is 2. The summed E-state index contributed by atoms with van der Waals surface area (Å²) in [5, 5.41) is 9.19. The quantitative estimate of drug-likeness (QED) is 0.110. The molecule has 15 heteroatoms. The SMILES string of the molecule is [C-]#[N+]COc1cc(C(=O)NC)c(F)cc1NCC#Cc1sc2c(NC3CCN(CC4COC(=O)O4)CC3)cccc2c1CC(F)(F)F. The topological polar surface area (TPSA) is 106 Å². The first-order chi connectivity index (χ1) is 22.5. The molecule has 0 bridgehead atoms. The number of cyclic esters (lactones) is 2. The van der Waals surface area contributed by atoms with Crippen molar-refractivity contribution in [3.63, 3.8) is 0 Å². The number of nitrogens with zero attached hydrogens (tertiary/aromatic N) is 2. The lowest BCUT2D eigenvalue weighted by atomic mass is 10.0. The zero-order chi connectivity index (χ0) is 33.6. The zero-order valence-electron chi connectivity index (χ0n) is 25.3. The van der Waals surface area contributed by atoms with Crippen molar-refractivity contribution in [1.29, 1.82) is 0 Å². The van der Waals surface area contributed by atoms with Crippen LogP contribution in [-0.4, -0.2) is 81.8 Å². The van der Waals surface area contributed by atoms with Gasteiger partial charge >= 0.3 is 19.1 Å². The lowest BCUT2D eigenvalue weighted by Gasteiger charge is -2.33. The van der Waals surface area contributed by atoms with Crippen LogP contribution >= 0.6 is 11.3 Å². The molecule has 3 N–H and O–H groups in total. The van der Waals surface area contributed by atoms with E-state index < -0.39 is 30.5 Å². The molecule has 3 heterocycles. The first-order valence-electron chi connectivity index (χ1n) is 14.7. The summed E-state index contributed by atoms with van der Waals surface area (Å²) in [7, 11) is 1.35. The molecular formula is C32H31F4N5O5S. The highest BCUT2D eigenvalue weighted by Gasteiger charge is 2.32. The van der Waals surface area contributed by atoms with Crippen LogP contribution in [0.4, 0.5) is 33.7 Å². The molecular weight excluding hydrogens is 642 g/mol. The maximum atomic E-state index is 14.6. The first kappa shape index (κ1) is 33.6. The molecule has 2 saturated heterocycles. The van der Waals surface area contributed by atoms with E-state index in [-0.39, 0.29) is 59.5 Å². The number of likely N-dealkylation sites (tertiary alicyclic amines) is 1. The van der Waals surface area contributed by atoms with Crippen molar-refractivity contribution in [2.75, 3.05) is 57.2 Å². The average Bonchev–Trinajstić information content (AvgIpc) is 3.61. The van der Waals surface area contributed by atoms with Crippen LogP contribution in [-0.2, 0) is 15.9 Å². The largest absolute Gasteiger partial charge is 0.508 e. The van der Waals surface area contributed by atoms with Crippen LogP contribution in [0.1, 0.15) is 33.6 Å². The van der Waals surface area contributed by atoms with Crippen molar-refractivity contribution in [1.82, 2.24) is 10.2 Å². The zero-order valence-corrected chi connectivity index (χ0v) is 26.1. The fourth-order valence-corrected chi connectivity index (χ4v) is 6.64. The molecule has 10 nitrogen and oxygen atoms in total. The van der Waals surface area contributed by atoms with Gasteiger partial charge in [-0.2, -0.15) is 13.2 Å². The normalized spacial score (nSPS) is 16.9. The van der Waals surface area contributed by atoms with Crippen molar-refractivity contribution in [3.05, 3.63) is 63.6 Å².